The molecule has 0 aliphatic rings. The van der Waals surface area contributed by atoms with Crippen molar-refractivity contribution in [2.24, 2.45) is 0 Å². The Hall–Kier alpha value is -2.58. The third kappa shape index (κ3) is 7.84. The van der Waals surface area contributed by atoms with Crippen LogP contribution in [0.4, 0.5) is 5.69 Å². The number of carbonyl (C=O) groups is 2. The van der Waals surface area contributed by atoms with Gasteiger partial charge in [-0.3, -0.25) is 19.7 Å². The summed E-state index contributed by atoms with van der Waals surface area (Å²) >= 11 is 7.68. The Morgan fingerprint density at radius 1 is 1.16 bits per heavy atom. The minimum absolute atomic E-state index is 0.0272. The molecular weight excluding hydrogens is 450 g/mol. The number of nitrogens with one attached hydrogen (secondary N) is 1. The molecular formula is C23H28ClN3O4S. The summed E-state index contributed by atoms with van der Waals surface area (Å²) in [6.07, 6.45) is 0. The highest BCUT2D eigenvalue weighted by molar-refractivity contribution is 7.99. The standard InChI is InChI=1S/C23H28ClN3O4S/c1-16(22(29)25-23(2,3)4)26(13-18-7-5-6-8-20(18)24)21(28)15-32-14-17-9-11-19(12-10-17)27(30)31/h5-12,16H,13-15H2,1-4H3,(H,25,29). The van der Waals surface area contributed by atoms with E-state index in [1.807, 2.05) is 39.0 Å². The smallest absolute Gasteiger partial charge is 0.269 e. The molecule has 2 rings (SSSR count). The molecule has 0 fully saturated rings. The van der Waals surface area contributed by atoms with E-state index >= 15 is 0 Å². The topological polar surface area (TPSA) is 92.6 Å². The molecule has 7 nitrogen and oxygen atoms in total. The Balaban J connectivity index is 2.09. The maximum Gasteiger partial charge on any atom is 0.269 e. The first kappa shape index (κ1) is 25.7. The van der Waals surface area contributed by atoms with E-state index in [0.29, 0.717) is 10.8 Å². The van der Waals surface area contributed by atoms with Crippen molar-refractivity contribution in [3.63, 3.8) is 0 Å². The van der Waals surface area contributed by atoms with Crippen molar-refractivity contribution in [2.75, 3.05) is 5.75 Å². The fourth-order valence-corrected chi connectivity index (χ4v) is 3.99. The van der Waals surface area contributed by atoms with Crippen molar-refractivity contribution >= 4 is 40.9 Å². The molecule has 0 spiro atoms. The molecule has 0 bridgehead atoms. The third-order valence-electron chi connectivity index (χ3n) is 4.61. The molecule has 0 heterocycles. The lowest BCUT2D eigenvalue weighted by atomic mass is 10.1. The molecule has 0 radical (unpaired) electrons. The van der Waals surface area contributed by atoms with Crippen molar-refractivity contribution in [1.29, 1.82) is 0 Å². The second kappa shape index (κ2) is 11.3. The van der Waals surface area contributed by atoms with Gasteiger partial charge in [0.2, 0.25) is 11.8 Å². The average molecular weight is 478 g/mol. The molecule has 2 amide bonds. The zero-order valence-electron chi connectivity index (χ0n) is 18.6. The highest BCUT2D eigenvalue weighted by Gasteiger charge is 2.28. The van der Waals surface area contributed by atoms with Gasteiger partial charge in [-0.25, -0.2) is 0 Å². The van der Waals surface area contributed by atoms with Crippen molar-refractivity contribution in [1.82, 2.24) is 10.2 Å². The minimum Gasteiger partial charge on any atom is -0.350 e. The highest BCUT2D eigenvalue weighted by Crippen LogP contribution is 2.21. The lowest BCUT2D eigenvalue weighted by molar-refractivity contribution is -0.384. The lowest BCUT2D eigenvalue weighted by Crippen LogP contribution is -2.52. The normalized spacial score (nSPS) is 12.2. The van der Waals surface area contributed by atoms with Crippen LogP contribution in [0.25, 0.3) is 0 Å². The van der Waals surface area contributed by atoms with Crippen LogP contribution in [-0.4, -0.2) is 39.0 Å². The third-order valence-corrected chi connectivity index (χ3v) is 5.96. The Labute approximate surface area is 197 Å². The number of hydrogen-bond acceptors (Lipinski definition) is 5. The van der Waals surface area contributed by atoms with E-state index in [-0.39, 0.29) is 29.8 Å². The predicted molar refractivity (Wildman–Crippen MR) is 129 cm³/mol. The van der Waals surface area contributed by atoms with Crippen molar-refractivity contribution in [3.05, 3.63) is 74.8 Å². The van der Waals surface area contributed by atoms with Crippen molar-refractivity contribution in [2.45, 2.75) is 51.6 Å². The fourth-order valence-electron chi connectivity index (χ4n) is 2.92. The first-order valence-electron chi connectivity index (χ1n) is 10.1. The van der Waals surface area contributed by atoms with Crippen LogP contribution in [-0.2, 0) is 21.9 Å². The second-order valence-corrected chi connectivity index (χ2v) is 9.84. The molecule has 1 N–H and O–H groups in total. The maximum absolute atomic E-state index is 13.1. The SMILES string of the molecule is CC(C(=O)NC(C)(C)C)N(Cc1ccccc1Cl)C(=O)CSCc1ccc([N+](=O)[O-])cc1. The lowest BCUT2D eigenvalue weighted by Gasteiger charge is -2.31. The largest absolute Gasteiger partial charge is 0.350 e. The van der Waals surface area contributed by atoms with E-state index in [1.54, 1.807) is 25.1 Å². The van der Waals surface area contributed by atoms with Crippen LogP contribution >= 0.6 is 23.4 Å². The summed E-state index contributed by atoms with van der Waals surface area (Å²) in [5, 5.41) is 14.2. The summed E-state index contributed by atoms with van der Waals surface area (Å²) in [6, 6.07) is 12.8. The van der Waals surface area contributed by atoms with E-state index in [0.717, 1.165) is 11.1 Å². The van der Waals surface area contributed by atoms with Crippen LogP contribution in [0, 0.1) is 10.1 Å². The van der Waals surface area contributed by atoms with E-state index in [1.165, 1.54) is 28.8 Å². The van der Waals surface area contributed by atoms with Crippen LogP contribution in [0.1, 0.15) is 38.8 Å². The second-order valence-electron chi connectivity index (χ2n) is 8.44. The molecule has 0 aliphatic carbocycles. The van der Waals surface area contributed by atoms with E-state index in [4.69, 9.17) is 11.6 Å². The van der Waals surface area contributed by atoms with Gasteiger partial charge < -0.3 is 10.2 Å². The summed E-state index contributed by atoms with van der Waals surface area (Å²) in [7, 11) is 0. The van der Waals surface area contributed by atoms with Crippen molar-refractivity contribution in [3.8, 4) is 0 Å². The number of benzene rings is 2. The Morgan fingerprint density at radius 3 is 2.34 bits per heavy atom. The van der Waals surface area contributed by atoms with Crippen LogP contribution < -0.4 is 5.32 Å². The zero-order chi connectivity index (χ0) is 23.9. The Morgan fingerprint density at radius 2 is 1.78 bits per heavy atom. The van der Waals surface area contributed by atoms with Gasteiger partial charge in [0.25, 0.3) is 5.69 Å². The Bertz CT molecular complexity index is 960. The van der Waals surface area contributed by atoms with Gasteiger partial charge in [0.05, 0.1) is 10.7 Å². The molecule has 32 heavy (non-hydrogen) atoms. The first-order chi connectivity index (χ1) is 15.0. The first-order valence-corrected chi connectivity index (χ1v) is 11.7. The molecule has 1 atom stereocenters. The average Bonchev–Trinajstić information content (AvgIpc) is 2.71. The summed E-state index contributed by atoms with van der Waals surface area (Å²) in [4.78, 5) is 37.7. The summed E-state index contributed by atoms with van der Waals surface area (Å²) in [5.41, 5.74) is 1.25. The number of nitro groups is 1. The number of amides is 2. The summed E-state index contributed by atoms with van der Waals surface area (Å²) < 4.78 is 0. The van der Waals surface area contributed by atoms with Gasteiger partial charge in [0.15, 0.2) is 0 Å². The van der Waals surface area contributed by atoms with Gasteiger partial charge in [0, 0.05) is 35.0 Å². The number of thioether (sulfide) groups is 1. The number of rotatable bonds is 9. The highest BCUT2D eigenvalue weighted by atomic mass is 35.5. The van der Waals surface area contributed by atoms with Gasteiger partial charge >= 0.3 is 0 Å². The van der Waals surface area contributed by atoms with Gasteiger partial charge in [-0.1, -0.05) is 41.9 Å². The molecule has 0 saturated heterocycles. The number of hydrogen-bond donors (Lipinski definition) is 1. The monoisotopic (exact) mass is 477 g/mol. The summed E-state index contributed by atoms with van der Waals surface area (Å²) in [6.45, 7) is 7.58. The number of nitro benzene ring substituents is 1. The molecule has 0 saturated carbocycles. The fraction of sp³-hybridized carbons (Fsp3) is 0.391. The van der Waals surface area contributed by atoms with Crippen LogP contribution in [0.2, 0.25) is 5.02 Å². The van der Waals surface area contributed by atoms with Gasteiger partial charge in [-0.2, -0.15) is 0 Å². The van der Waals surface area contributed by atoms with E-state index < -0.39 is 16.5 Å². The van der Waals surface area contributed by atoms with Crippen molar-refractivity contribution < 1.29 is 14.5 Å². The molecule has 172 valence electrons. The van der Waals surface area contributed by atoms with Gasteiger partial charge in [-0.15, -0.1) is 11.8 Å². The predicted octanol–water partition coefficient (Wildman–Crippen LogP) is 4.81. The number of non-ortho nitro benzene ring substituents is 1. The van der Waals surface area contributed by atoms with E-state index in [9.17, 15) is 19.7 Å². The number of nitrogens with zero attached hydrogens (tertiary/aromatic N) is 2. The van der Waals surface area contributed by atoms with Gasteiger partial charge in [0.1, 0.15) is 6.04 Å². The quantitative estimate of drug-likeness (QED) is 0.413. The zero-order valence-corrected chi connectivity index (χ0v) is 20.2. The number of carbonyl (C=O) groups excluding carboxylic acids is 2. The maximum atomic E-state index is 13.1. The Kier molecular flexibility index (Phi) is 9.09. The molecule has 9 heteroatoms. The molecule has 0 aliphatic heterocycles. The molecule has 1 unspecified atom stereocenters. The molecule has 2 aromatic carbocycles. The van der Waals surface area contributed by atoms with Crippen LogP contribution in [0.5, 0.6) is 0 Å². The van der Waals surface area contributed by atoms with E-state index in [2.05, 4.69) is 5.32 Å². The molecule has 0 aromatic heterocycles. The number of halogens is 1. The van der Waals surface area contributed by atoms with Crippen LogP contribution in [0.15, 0.2) is 48.5 Å². The van der Waals surface area contributed by atoms with Gasteiger partial charge in [-0.05, 0) is 44.9 Å². The minimum atomic E-state index is -0.682. The molecule has 2 aromatic rings. The summed E-state index contributed by atoms with van der Waals surface area (Å²) in [5.74, 6) is 0.257. The van der Waals surface area contributed by atoms with Crippen LogP contribution in [0.3, 0.4) is 0 Å².